The number of rotatable bonds is 7. The summed E-state index contributed by atoms with van der Waals surface area (Å²) in [6, 6.07) is 7.54. The van der Waals surface area contributed by atoms with Gasteiger partial charge < -0.3 is 9.47 Å². The van der Waals surface area contributed by atoms with Crippen molar-refractivity contribution in [3.63, 3.8) is 0 Å². The van der Waals surface area contributed by atoms with Gasteiger partial charge in [0.2, 0.25) is 0 Å². The number of benzene rings is 1. The first-order valence-electron chi connectivity index (χ1n) is 7.71. The molecule has 1 aliphatic rings. The van der Waals surface area contributed by atoms with Crippen molar-refractivity contribution in [3.8, 4) is 5.75 Å². The molecule has 1 fully saturated rings. The van der Waals surface area contributed by atoms with Crippen molar-refractivity contribution < 1.29 is 9.47 Å². The molecule has 3 heteroatoms. The third-order valence-electron chi connectivity index (χ3n) is 4.04. The molecule has 2 rings (SSSR count). The molecule has 0 bridgehead atoms. The van der Waals surface area contributed by atoms with E-state index < -0.39 is 0 Å². The number of hydrogen-bond donors (Lipinski definition) is 0. The maximum atomic E-state index is 6.01. The highest BCUT2D eigenvalue weighted by Crippen LogP contribution is 2.30. The minimum Gasteiger partial charge on any atom is -0.490 e. The summed E-state index contributed by atoms with van der Waals surface area (Å²) in [7, 11) is 0. The van der Waals surface area contributed by atoms with Gasteiger partial charge in [0.25, 0.3) is 0 Å². The molecule has 2 nitrogen and oxygen atoms in total. The monoisotopic (exact) mass is 296 g/mol. The Kier molecular flexibility index (Phi) is 6.68. The van der Waals surface area contributed by atoms with Gasteiger partial charge in [0.05, 0.1) is 11.6 Å². The summed E-state index contributed by atoms with van der Waals surface area (Å²) in [6.07, 6.45) is 6.74. The van der Waals surface area contributed by atoms with Crippen LogP contribution < -0.4 is 4.74 Å². The number of para-hydroxylation sites is 1. The van der Waals surface area contributed by atoms with Crippen LogP contribution in [-0.4, -0.2) is 19.8 Å². The second kappa shape index (κ2) is 8.53. The Bertz CT molecular complexity index is 394. The van der Waals surface area contributed by atoms with Crippen LogP contribution in [-0.2, 0) is 4.74 Å². The molecule has 2 atom stereocenters. The third kappa shape index (κ3) is 5.34. The van der Waals surface area contributed by atoms with E-state index in [9.17, 15) is 0 Å². The lowest BCUT2D eigenvalue weighted by atomic mass is 9.81. The highest BCUT2D eigenvalue weighted by molar-refractivity contribution is 6.32. The van der Waals surface area contributed by atoms with Crippen molar-refractivity contribution >= 4 is 11.6 Å². The Hall–Kier alpha value is -0.730. The van der Waals surface area contributed by atoms with Crippen molar-refractivity contribution in [2.75, 3.05) is 19.8 Å². The summed E-state index contributed by atoms with van der Waals surface area (Å²) in [4.78, 5) is 0. The summed E-state index contributed by atoms with van der Waals surface area (Å²) in [6.45, 7) is 4.41. The molecule has 0 amide bonds. The van der Waals surface area contributed by atoms with E-state index in [2.05, 4.69) is 6.92 Å². The maximum Gasteiger partial charge on any atom is 0.138 e. The minimum atomic E-state index is 0.560. The predicted octanol–water partition coefficient (Wildman–Crippen LogP) is 4.95. The zero-order chi connectivity index (χ0) is 14.2. The fourth-order valence-corrected chi connectivity index (χ4v) is 3.14. The summed E-state index contributed by atoms with van der Waals surface area (Å²) >= 11 is 6.01. The summed E-state index contributed by atoms with van der Waals surface area (Å²) in [5, 5.41) is 0.656. The van der Waals surface area contributed by atoms with Crippen LogP contribution in [0.3, 0.4) is 0 Å². The van der Waals surface area contributed by atoms with Crippen LogP contribution in [0.4, 0.5) is 0 Å². The molecule has 0 N–H and O–H groups in total. The molecule has 112 valence electrons. The van der Waals surface area contributed by atoms with Gasteiger partial charge in [0, 0.05) is 6.61 Å². The lowest BCUT2D eigenvalue weighted by Crippen LogP contribution is -2.16. The average Bonchev–Trinajstić information content (AvgIpc) is 2.44. The average molecular weight is 297 g/mol. The van der Waals surface area contributed by atoms with Crippen molar-refractivity contribution in [2.24, 2.45) is 11.8 Å². The molecule has 0 saturated heterocycles. The molecule has 0 aromatic heterocycles. The number of halogens is 1. The van der Waals surface area contributed by atoms with Gasteiger partial charge >= 0.3 is 0 Å². The predicted molar refractivity (Wildman–Crippen MR) is 83.5 cm³/mol. The molecule has 1 aromatic carbocycles. The van der Waals surface area contributed by atoms with Gasteiger partial charge in [-0.05, 0) is 36.8 Å². The molecular weight excluding hydrogens is 272 g/mol. The molecular formula is C17H25ClO2. The van der Waals surface area contributed by atoms with E-state index in [1.807, 2.05) is 24.3 Å². The van der Waals surface area contributed by atoms with Gasteiger partial charge in [-0.3, -0.25) is 0 Å². The van der Waals surface area contributed by atoms with E-state index in [1.165, 1.54) is 32.1 Å². The standard InChI is InChI=1S/C17H25ClO2/c1-14-5-4-6-15(13-14)9-10-19-11-12-20-17-8-3-2-7-16(17)18/h2-3,7-8,14-15H,4-6,9-13H2,1H3/t14-,15+/m0/s1. The Morgan fingerprint density at radius 2 is 2.00 bits per heavy atom. The van der Waals surface area contributed by atoms with E-state index >= 15 is 0 Å². The molecule has 1 aliphatic carbocycles. The van der Waals surface area contributed by atoms with Gasteiger partial charge in [-0.25, -0.2) is 0 Å². The van der Waals surface area contributed by atoms with E-state index in [0.717, 1.165) is 24.2 Å². The summed E-state index contributed by atoms with van der Waals surface area (Å²) < 4.78 is 11.3. The molecule has 0 unspecified atom stereocenters. The van der Waals surface area contributed by atoms with Crippen molar-refractivity contribution in [1.82, 2.24) is 0 Å². The first-order chi connectivity index (χ1) is 9.75. The quantitative estimate of drug-likeness (QED) is 0.663. The van der Waals surface area contributed by atoms with Crippen molar-refractivity contribution in [3.05, 3.63) is 29.3 Å². The first kappa shape index (κ1) is 15.7. The number of hydrogen-bond acceptors (Lipinski definition) is 2. The molecule has 1 aromatic rings. The zero-order valence-electron chi connectivity index (χ0n) is 12.3. The molecule has 0 radical (unpaired) electrons. The van der Waals surface area contributed by atoms with E-state index in [4.69, 9.17) is 21.1 Å². The lowest BCUT2D eigenvalue weighted by Gasteiger charge is -2.26. The van der Waals surface area contributed by atoms with E-state index in [0.29, 0.717) is 18.2 Å². The second-order valence-electron chi connectivity index (χ2n) is 5.82. The van der Waals surface area contributed by atoms with Crippen LogP contribution in [0.5, 0.6) is 5.75 Å². The molecule has 0 spiro atoms. The highest BCUT2D eigenvalue weighted by Gasteiger charge is 2.18. The van der Waals surface area contributed by atoms with Crippen LogP contribution >= 0.6 is 11.6 Å². The van der Waals surface area contributed by atoms with Crippen LogP contribution in [0, 0.1) is 11.8 Å². The minimum absolute atomic E-state index is 0.560. The van der Waals surface area contributed by atoms with Crippen molar-refractivity contribution in [1.29, 1.82) is 0 Å². The largest absolute Gasteiger partial charge is 0.490 e. The molecule has 1 saturated carbocycles. The lowest BCUT2D eigenvalue weighted by molar-refractivity contribution is 0.0833. The van der Waals surface area contributed by atoms with Crippen LogP contribution in [0.25, 0.3) is 0 Å². The first-order valence-corrected chi connectivity index (χ1v) is 8.08. The summed E-state index contributed by atoms with van der Waals surface area (Å²) in [5.74, 6) is 2.50. The smallest absolute Gasteiger partial charge is 0.138 e. The SMILES string of the molecule is C[C@H]1CCC[C@H](CCOCCOc2ccccc2Cl)C1. The van der Waals surface area contributed by atoms with Gasteiger partial charge in [-0.1, -0.05) is 49.9 Å². The van der Waals surface area contributed by atoms with Crippen LogP contribution in [0.1, 0.15) is 39.0 Å². The topological polar surface area (TPSA) is 18.5 Å². The molecule has 20 heavy (non-hydrogen) atoms. The fourth-order valence-electron chi connectivity index (χ4n) is 2.95. The Labute approximate surface area is 127 Å². The third-order valence-corrected chi connectivity index (χ3v) is 4.35. The highest BCUT2D eigenvalue weighted by atomic mass is 35.5. The zero-order valence-corrected chi connectivity index (χ0v) is 13.1. The van der Waals surface area contributed by atoms with Gasteiger partial charge in [0.15, 0.2) is 0 Å². The van der Waals surface area contributed by atoms with Gasteiger partial charge in [-0.2, -0.15) is 0 Å². The van der Waals surface area contributed by atoms with Crippen molar-refractivity contribution in [2.45, 2.75) is 39.0 Å². The molecule has 0 heterocycles. The number of ether oxygens (including phenoxy) is 2. The Morgan fingerprint density at radius 1 is 1.15 bits per heavy atom. The van der Waals surface area contributed by atoms with Crippen LogP contribution in [0.2, 0.25) is 5.02 Å². The van der Waals surface area contributed by atoms with Gasteiger partial charge in [0.1, 0.15) is 12.4 Å². The molecule has 0 aliphatic heterocycles. The second-order valence-corrected chi connectivity index (χ2v) is 6.22. The van der Waals surface area contributed by atoms with Gasteiger partial charge in [-0.15, -0.1) is 0 Å². The Morgan fingerprint density at radius 3 is 2.80 bits per heavy atom. The maximum absolute atomic E-state index is 6.01. The van der Waals surface area contributed by atoms with E-state index in [1.54, 1.807) is 0 Å². The normalized spacial score (nSPS) is 22.7. The van der Waals surface area contributed by atoms with E-state index in [-0.39, 0.29) is 0 Å². The fraction of sp³-hybridized carbons (Fsp3) is 0.647. The summed E-state index contributed by atoms with van der Waals surface area (Å²) in [5.41, 5.74) is 0. The Balaban J connectivity index is 1.53. The van der Waals surface area contributed by atoms with Crippen LogP contribution in [0.15, 0.2) is 24.3 Å².